The van der Waals surface area contributed by atoms with Gasteiger partial charge < -0.3 is 17.3 Å². The van der Waals surface area contributed by atoms with Gasteiger partial charge in [0.05, 0.1) is 13.6 Å². The second-order valence-corrected chi connectivity index (χ2v) is 5.78. The fourth-order valence-corrected chi connectivity index (χ4v) is 3.70. The van der Waals surface area contributed by atoms with Gasteiger partial charge in [-0.15, -0.1) is 0 Å². The number of fused-ring (bicyclic) bond motifs is 2. The first kappa shape index (κ1) is 13.6. The predicted molar refractivity (Wildman–Crippen MR) is 73.7 cm³/mol. The fraction of sp³-hybridized carbons (Fsp3) is 0.294. The molecule has 1 nitrogen and oxygen atoms in total. The first-order chi connectivity index (χ1) is 9.24. The summed E-state index contributed by atoms with van der Waals surface area (Å²) < 4.78 is 13.6. The Kier molecular flexibility index (Phi) is 3.31. The molecule has 2 aliphatic rings. The van der Waals surface area contributed by atoms with E-state index in [0.717, 1.165) is 18.4 Å². The molecule has 3 heteroatoms. The maximum absolute atomic E-state index is 13.6. The van der Waals surface area contributed by atoms with E-state index in [9.17, 15) is 4.39 Å². The standard InChI is InChI=1S/C17H16FN.ClH/c1-19-8-7-11-3-2-4-14-15-10-13(18)6-5-12(15)9-16(19)17(11)14;/h2-6,10,16H,7-9H2,1H3;1H/t16-;/m0./s1. The highest BCUT2D eigenvalue weighted by Gasteiger charge is 2.35. The Morgan fingerprint density at radius 2 is 1.95 bits per heavy atom. The Morgan fingerprint density at radius 3 is 2.80 bits per heavy atom. The summed E-state index contributed by atoms with van der Waals surface area (Å²) in [5.41, 5.74) is 6.56. The summed E-state index contributed by atoms with van der Waals surface area (Å²) in [6, 6.07) is 12.3. The van der Waals surface area contributed by atoms with Gasteiger partial charge in [0.2, 0.25) is 0 Å². The Labute approximate surface area is 124 Å². The van der Waals surface area contributed by atoms with Crippen LogP contribution in [-0.4, -0.2) is 13.6 Å². The summed E-state index contributed by atoms with van der Waals surface area (Å²) in [4.78, 5) is 1.58. The van der Waals surface area contributed by atoms with Gasteiger partial charge in [-0.3, -0.25) is 0 Å². The summed E-state index contributed by atoms with van der Waals surface area (Å²) in [7, 11) is 2.28. The molecule has 1 aliphatic carbocycles. The largest absolute Gasteiger partial charge is 1.00 e. The molecule has 0 fully saturated rings. The Hall–Kier alpha value is -1.38. The number of likely N-dealkylation sites (N-methyl/N-ethyl adjacent to an activating group) is 1. The van der Waals surface area contributed by atoms with Crippen molar-refractivity contribution in [3.8, 4) is 11.1 Å². The van der Waals surface area contributed by atoms with Crippen LogP contribution in [0.3, 0.4) is 0 Å². The highest BCUT2D eigenvalue weighted by Crippen LogP contribution is 2.40. The maximum Gasteiger partial charge on any atom is 0.123 e. The summed E-state index contributed by atoms with van der Waals surface area (Å²) >= 11 is 0. The van der Waals surface area contributed by atoms with E-state index in [4.69, 9.17) is 0 Å². The van der Waals surface area contributed by atoms with E-state index in [-0.39, 0.29) is 18.2 Å². The fourth-order valence-electron chi connectivity index (χ4n) is 3.70. The van der Waals surface area contributed by atoms with Crippen LogP contribution < -0.4 is 17.3 Å². The molecule has 1 heterocycles. The molecular formula is C17H17ClFN. The minimum Gasteiger partial charge on any atom is -1.00 e. The summed E-state index contributed by atoms with van der Waals surface area (Å²) in [6.07, 6.45) is 2.17. The van der Waals surface area contributed by atoms with Crippen molar-refractivity contribution in [3.63, 3.8) is 0 Å². The molecule has 0 amide bonds. The van der Waals surface area contributed by atoms with E-state index in [1.165, 1.54) is 28.8 Å². The number of benzene rings is 2. The van der Waals surface area contributed by atoms with Crippen molar-refractivity contribution in [1.82, 2.24) is 0 Å². The van der Waals surface area contributed by atoms with Crippen molar-refractivity contribution in [3.05, 3.63) is 58.9 Å². The lowest BCUT2D eigenvalue weighted by Gasteiger charge is -2.37. The molecule has 0 saturated heterocycles. The van der Waals surface area contributed by atoms with Crippen LogP contribution in [0.2, 0.25) is 0 Å². The smallest absolute Gasteiger partial charge is 0.123 e. The molecular weight excluding hydrogens is 273 g/mol. The van der Waals surface area contributed by atoms with E-state index in [0.29, 0.717) is 6.04 Å². The van der Waals surface area contributed by atoms with Gasteiger partial charge in [-0.25, -0.2) is 4.39 Å². The van der Waals surface area contributed by atoms with E-state index >= 15 is 0 Å². The minimum atomic E-state index is -0.133. The van der Waals surface area contributed by atoms with Gasteiger partial charge in [-0.2, -0.15) is 0 Å². The van der Waals surface area contributed by atoms with Gasteiger partial charge in [0.15, 0.2) is 0 Å². The third-order valence-corrected chi connectivity index (χ3v) is 4.71. The topological polar surface area (TPSA) is 4.44 Å². The third kappa shape index (κ3) is 1.87. The van der Waals surface area contributed by atoms with E-state index < -0.39 is 0 Å². The maximum atomic E-state index is 13.6. The molecule has 4 rings (SSSR count). The molecule has 1 unspecified atom stereocenters. The van der Waals surface area contributed by atoms with E-state index in [2.05, 4.69) is 25.2 Å². The molecule has 20 heavy (non-hydrogen) atoms. The molecule has 0 radical (unpaired) electrons. The molecule has 1 aliphatic heterocycles. The Morgan fingerprint density at radius 1 is 1.10 bits per heavy atom. The van der Waals surface area contributed by atoms with Gasteiger partial charge >= 0.3 is 0 Å². The number of hydrogen-bond donors (Lipinski definition) is 1. The molecule has 1 N–H and O–H groups in total. The first-order valence-electron chi connectivity index (χ1n) is 6.97. The van der Waals surface area contributed by atoms with Gasteiger partial charge in [0.25, 0.3) is 0 Å². The molecule has 0 spiro atoms. The van der Waals surface area contributed by atoms with Crippen molar-refractivity contribution >= 4 is 0 Å². The Bertz CT molecular complexity index is 668. The van der Waals surface area contributed by atoms with Crippen LogP contribution in [0, 0.1) is 5.82 Å². The lowest BCUT2D eigenvalue weighted by Crippen LogP contribution is -3.10. The number of hydrogen-bond acceptors (Lipinski definition) is 0. The second kappa shape index (κ2) is 4.87. The lowest BCUT2D eigenvalue weighted by atomic mass is 9.77. The summed E-state index contributed by atoms with van der Waals surface area (Å²) in [6.45, 7) is 1.19. The van der Waals surface area contributed by atoms with Crippen LogP contribution >= 0.6 is 0 Å². The lowest BCUT2D eigenvalue weighted by molar-refractivity contribution is -0.914. The Balaban J connectivity index is 0.00000121. The SMILES string of the molecule is C[NH+]1CCc2cccc3c2[C@@H]1Cc1ccc(F)cc1-3.[Cl-]. The zero-order chi connectivity index (χ0) is 13.0. The molecule has 0 aromatic heterocycles. The zero-order valence-corrected chi connectivity index (χ0v) is 12.2. The van der Waals surface area contributed by atoms with Crippen LogP contribution in [0.1, 0.15) is 22.7 Å². The van der Waals surface area contributed by atoms with Crippen molar-refractivity contribution in [2.24, 2.45) is 0 Å². The van der Waals surface area contributed by atoms with E-state index in [1.54, 1.807) is 17.0 Å². The number of halogens is 2. The molecule has 2 aromatic rings. The highest BCUT2D eigenvalue weighted by atomic mass is 35.5. The van der Waals surface area contributed by atoms with Crippen LogP contribution in [0.5, 0.6) is 0 Å². The number of rotatable bonds is 0. The van der Waals surface area contributed by atoms with Crippen LogP contribution in [-0.2, 0) is 12.8 Å². The average Bonchev–Trinajstić information content (AvgIpc) is 2.43. The molecule has 0 saturated carbocycles. The normalized spacial score (nSPS) is 22.5. The summed E-state index contributed by atoms with van der Waals surface area (Å²) in [5.74, 6) is -0.133. The average molecular weight is 290 g/mol. The van der Waals surface area contributed by atoms with Crippen molar-refractivity contribution in [2.45, 2.75) is 18.9 Å². The molecule has 2 aromatic carbocycles. The molecule has 104 valence electrons. The number of nitrogens with one attached hydrogen (secondary N) is 1. The monoisotopic (exact) mass is 289 g/mol. The van der Waals surface area contributed by atoms with Crippen LogP contribution in [0.4, 0.5) is 4.39 Å². The second-order valence-electron chi connectivity index (χ2n) is 5.78. The minimum absolute atomic E-state index is 0. The first-order valence-corrected chi connectivity index (χ1v) is 6.97. The zero-order valence-electron chi connectivity index (χ0n) is 11.4. The summed E-state index contributed by atoms with van der Waals surface area (Å²) in [5, 5.41) is 0. The number of quaternary nitrogens is 1. The third-order valence-electron chi connectivity index (χ3n) is 4.71. The quantitative estimate of drug-likeness (QED) is 0.645. The predicted octanol–water partition coefficient (Wildman–Crippen LogP) is -0.835. The van der Waals surface area contributed by atoms with Crippen molar-refractivity contribution in [1.29, 1.82) is 0 Å². The van der Waals surface area contributed by atoms with Gasteiger partial charge in [0, 0.05) is 18.4 Å². The van der Waals surface area contributed by atoms with Crippen LogP contribution in [0.15, 0.2) is 36.4 Å². The van der Waals surface area contributed by atoms with Gasteiger partial charge in [0.1, 0.15) is 11.9 Å². The van der Waals surface area contributed by atoms with Gasteiger partial charge in [-0.05, 0) is 34.4 Å². The van der Waals surface area contributed by atoms with Crippen LogP contribution in [0.25, 0.3) is 11.1 Å². The molecule has 0 bridgehead atoms. The van der Waals surface area contributed by atoms with Crippen molar-refractivity contribution in [2.75, 3.05) is 13.6 Å². The highest BCUT2D eigenvalue weighted by molar-refractivity contribution is 5.75. The molecule has 2 atom stereocenters. The van der Waals surface area contributed by atoms with E-state index in [1.807, 2.05) is 6.07 Å². The van der Waals surface area contributed by atoms with Gasteiger partial charge in [-0.1, -0.05) is 24.3 Å². The van der Waals surface area contributed by atoms with Crippen molar-refractivity contribution < 1.29 is 21.7 Å².